The maximum atomic E-state index is 12.2. The molecule has 1 heterocycles. The molecule has 0 aromatic heterocycles. The Morgan fingerprint density at radius 1 is 1.29 bits per heavy atom. The van der Waals surface area contributed by atoms with Gasteiger partial charge in [-0.25, -0.2) is 9.59 Å². The number of urea groups is 1. The number of esters is 1. The second kappa shape index (κ2) is 7.58. The van der Waals surface area contributed by atoms with E-state index in [1.165, 1.54) is 20.0 Å². The van der Waals surface area contributed by atoms with E-state index in [1.54, 1.807) is 23.1 Å². The molecule has 8 heteroatoms. The Balaban J connectivity index is 2.03. The van der Waals surface area contributed by atoms with Crippen LogP contribution in [-0.4, -0.2) is 43.5 Å². The normalized spacial score (nSPS) is 14.9. The van der Waals surface area contributed by atoms with Gasteiger partial charge >= 0.3 is 12.0 Å². The third kappa shape index (κ3) is 4.09. The molecule has 0 saturated carbocycles. The zero-order valence-electron chi connectivity index (χ0n) is 13.5. The molecule has 1 aromatic rings. The average molecular weight is 333 g/mol. The van der Waals surface area contributed by atoms with Gasteiger partial charge in [0.1, 0.15) is 0 Å². The number of hydrogen-bond acceptors (Lipinski definition) is 5. The van der Waals surface area contributed by atoms with E-state index in [1.807, 2.05) is 5.32 Å². The molecule has 0 aliphatic carbocycles. The van der Waals surface area contributed by atoms with Gasteiger partial charge in [-0.05, 0) is 31.5 Å². The van der Waals surface area contributed by atoms with Crippen LogP contribution < -0.4 is 15.5 Å². The van der Waals surface area contributed by atoms with Crippen molar-refractivity contribution >= 4 is 29.5 Å². The molecule has 2 rings (SSSR count). The molecule has 2 N–H and O–H groups in total. The molecule has 0 radical (unpaired) electrons. The van der Waals surface area contributed by atoms with Gasteiger partial charge < -0.3 is 15.0 Å². The highest BCUT2D eigenvalue weighted by molar-refractivity contribution is 5.99. The van der Waals surface area contributed by atoms with E-state index in [-0.39, 0.29) is 11.5 Å². The van der Waals surface area contributed by atoms with Crippen LogP contribution in [0, 0.1) is 0 Å². The summed E-state index contributed by atoms with van der Waals surface area (Å²) in [5.41, 5.74) is 0.848. The summed E-state index contributed by atoms with van der Waals surface area (Å²) >= 11 is 0. The summed E-state index contributed by atoms with van der Waals surface area (Å²) in [6.45, 7) is 1.98. The maximum Gasteiger partial charge on any atom is 0.338 e. The molecule has 4 amide bonds. The molecular weight excluding hydrogens is 314 g/mol. The molecule has 24 heavy (non-hydrogen) atoms. The molecule has 1 aromatic carbocycles. The Kier molecular flexibility index (Phi) is 5.51. The van der Waals surface area contributed by atoms with Gasteiger partial charge in [-0.3, -0.25) is 14.9 Å². The first-order chi connectivity index (χ1) is 11.4. The van der Waals surface area contributed by atoms with Crippen molar-refractivity contribution in [3.8, 4) is 0 Å². The number of ether oxygens (including phenoxy) is 1. The smallest absolute Gasteiger partial charge is 0.338 e. The van der Waals surface area contributed by atoms with Gasteiger partial charge in [-0.2, -0.15) is 0 Å². The molecule has 1 saturated heterocycles. The Labute approximate surface area is 139 Å². The predicted molar refractivity (Wildman–Crippen MR) is 85.5 cm³/mol. The number of amides is 4. The summed E-state index contributed by atoms with van der Waals surface area (Å²) in [6.07, 6.45) is 0.141. The van der Waals surface area contributed by atoms with Crippen LogP contribution in [0.5, 0.6) is 0 Å². The van der Waals surface area contributed by atoms with E-state index in [4.69, 9.17) is 4.74 Å². The fourth-order valence-electron chi connectivity index (χ4n) is 2.28. The van der Waals surface area contributed by atoms with Gasteiger partial charge in [0, 0.05) is 25.7 Å². The number of carbonyl (C=O) groups excluding carboxylic acids is 4. The van der Waals surface area contributed by atoms with Crippen LogP contribution in [0.1, 0.15) is 30.1 Å². The molecule has 0 spiro atoms. The first kappa shape index (κ1) is 17.5. The van der Waals surface area contributed by atoms with Crippen molar-refractivity contribution in [2.75, 3.05) is 18.5 Å². The van der Waals surface area contributed by atoms with Crippen molar-refractivity contribution in [1.82, 2.24) is 10.6 Å². The van der Waals surface area contributed by atoms with Gasteiger partial charge in [0.25, 0.3) is 5.91 Å². The van der Waals surface area contributed by atoms with Crippen molar-refractivity contribution in [3.05, 3.63) is 29.8 Å². The fraction of sp³-hybridized carbons (Fsp3) is 0.375. The molecule has 0 unspecified atom stereocenters. The second-order valence-corrected chi connectivity index (χ2v) is 5.32. The summed E-state index contributed by atoms with van der Waals surface area (Å²) in [5.74, 6) is -1.42. The lowest BCUT2D eigenvalue weighted by Gasteiger charge is -2.17. The monoisotopic (exact) mass is 333 g/mol. The van der Waals surface area contributed by atoms with Gasteiger partial charge in [0.2, 0.25) is 5.91 Å². The molecule has 128 valence electrons. The molecule has 8 nitrogen and oxygen atoms in total. The second-order valence-electron chi connectivity index (χ2n) is 5.32. The lowest BCUT2D eigenvalue weighted by molar-refractivity contribution is -0.127. The van der Waals surface area contributed by atoms with Gasteiger partial charge in [-0.15, -0.1) is 0 Å². The van der Waals surface area contributed by atoms with Crippen molar-refractivity contribution < 1.29 is 23.9 Å². The Morgan fingerprint density at radius 3 is 2.67 bits per heavy atom. The van der Waals surface area contributed by atoms with E-state index >= 15 is 0 Å². The zero-order chi connectivity index (χ0) is 17.7. The van der Waals surface area contributed by atoms with E-state index in [0.717, 1.165) is 6.42 Å². The summed E-state index contributed by atoms with van der Waals surface area (Å²) in [6, 6.07) is 5.79. The van der Waals surface area contributed by atoms with Gasteiger partial charge in [0.05, 0.1) is 5.56 Å². The molecule has 0 bridgehead atoms. The number of rotatable bonds is 4. The van der Waals surface area contributed by atoms with Crippen LogP contribution in [-0.2, 0) is 14.3 Å². The van der Waals surface area contributed by atoms with Crippen LogP contribution in [0.4, 0.5) is 10.5 Å². The predicted octanol–water partition coefficient (Wildman–Crippen LogP) is 0.814. The van der Waals surface area contributed by atoms with Crippen molar-refractivity contribution in [1.29, 1.82) is 0 Å². The van der Waals surface area contributed by atoms with E-state index in [0.29, 0.717) is 18.7 Å². The third-order valence-corrected chi connectivity index (χ3v) is 3.58. The summed E-state index contributed by atoms with van der Waals surface area (Å²) < 4.78 is 5.05. The number of anilines is 1. The van der Waals surface area contributed by atoms with Crippen LogP contribution >= 0.6 is 0 Å². The molecule has 1 aliphatic heterocycles. The standard InChI is InChI=1S/C16H19N3O5/c1-10(14(21)18-16(23)17-2)24-15(22)11-5-3-6-12(9-11)19-8-4-7-13(19)20/h3,5-6,9-10H,4,7-8H2,1-2H3,(H2,17,18,21,23)/t10-/m1/s1. The molecular formula is C16H19N3O5. The zero-order valence-corrected chi connectivity index (χ0v) is 13.5. The molecule has 1 aliphatic rings. The highest BCUT2D eigenvalue weighted by Gasteiger charge is 2.24. The highest BCUT2D eigenvalue weighted by Crippen LogP contribution is 2.22. The average Bonchev–Trinajstić information content (AvgIpc) is 3.00. The summed E-state index contributed by atoms with van der Waals surface area (Å²) in [4.78, 5) is 48.3. The van der Waals surface area contributed by atoms with Crippen molar-refractivity contribution in [3.63, 3.8) is 0 Å². The Hall–Kier alpha value is -2.90. The minimum atomic E-state index is -1.13. The van der Waals surface area contributed by atoms with Crippen molar-refractivity contribution in [2.24, 2.45) is 0 Å². The number of imide groups is 1. The first-order valence-corrected chi connectivity index (χ1v) is 7.56. The number of benzene rings is 1. The van der Waals surface area contributed by atoms with Crippen molar-refractivity contribution in [2.45, 2.75) is 25.9 Å². The lowest BCUT2D eigenvalue weighted by Crippen LogP contribution is -2.43. The quantitative estimate of drug-likeness (QED) is 0.794. The Morgan fingerprint density at radius 2 is 2.04 bits per heavy atom. The van der Waals surface area contributed by atoms with E-state index in [9.17, 15) is 19.2 Å². The lowest BCUT2D eigenvalue weighted by atomic mass is 10.2. The topological polar surface area (TPSA) is 105 Å². The summed E-state index contributed by atoms with van der Waals surface area (Å²) in [5, 5.41) is 4.26. The third-order valence-electron chi connectivity index (χ3n) is 3.58. The largest absolute Gasteiger partial charge is 0.449 e. The SMILES string of the molecule is CNC(=O)NC(=O)[C@@H](C)OC(=O)c1cccc(N2CCCC2=O)c1. The van der Waals surface area contributed by atoms with E-state index < -0.39 is 24.0 Å². The first-order valence-electron chi connectivity index (χ1n) is 7.56. The van der Waals surface area contributed by atoms with Crippen LogP contribution in [0.3, 0.4) is 0 Å². The Bertz CT molecular complexity index is 673. The number of carbonyl (C=O) groups is 4. The molecule has 1 atom stereocenters. The number of nitrogens with one attached hydrogen (secondary N) is 2. The number of nitrogens with zero attached hydrogens (tertiary/aromatic N) is 1. The van der Waals surface area contributed by atoms with Crippen LogP contribution in [0.2, 0.25) is 0 Å². The highest BCUT2D eigenvalue weighted by atomic mass is 16.5. The van der Waals surface area contributed by atoms with Gasteiger partial charge in [-0.1, -0.05) is 6.07 Å². The maximum absolute atomic E-state index is 12.2. The van der Waals surface area contributed by atoms with Crippen LogP contribution in [0.25, 0.3) is 0 Å². The minimum Gasteiger partial charge on any atom is -0.449 e. The minimum absolute atomic E-state index is 0.0128. The number of hydrogen-bond donors (Lipinski definition) is 2. The summed E-state index contributed by atoms with van der Waals surface area (Å²) in [7, 11) is 1.37. The van der Waals surface area contributed by atoms with E-state index in [2.05, 4.69) is 5.32 Å². The van der Waals surface area contributed by atoms with Gasteiger partial charge in [0.15, 0.2) is 6.10 Å². The molecule has 1 fully saturated rings. The van der Waals surface area contributed by atoms with Crippen LogP contribution in [0.15, 0.2) is 24.3 Å². The fourth-order valence-corrected chi connectivity index (χ4v) is 2.28.